The van der Waals surface area contributed by atoms with Gasteiger partial charge in [0.15, 0.2) is 5.11 Å². The van der Waals surface area contributed by atoms with Gasteiger partial charge in [-0.25, -0.2) is 0 Å². The van der Waals surface area contributed by atoms with E-state index in [0.29, 0.717) is 10.9 Å². The summed E-state index contributed by atoms with van der Waals surface area (Å²) in [7, 11) is 3.31. The number of thiocarbonyl (C=S) groups is 1. The molecule has 1 N–H and O–H groups in total. The number of hydrogen-bond donors (Lipinski definition) is 1. The van der Waals surface area contributed by atoms with Crippen molar-refractivity contribution in [2.24, 2.45) is 0 Å². The van der Waals surface area contributed by atoms with E-state index in [1.54, 1.807) is 14.2 Å². The molecule has 4 heterocycles. The van der Waals surface area contributed by atoms with Gasteiger partial charge >= 0.3 is 0 Å². The van der Waals surface area contributed by atoms with Crippen molar-refractivity contribution >= 4 is 23.0 Å². The molecule has 4 aromatic rings. The number of pyridine rings is 2. The summed E-state index contributed by atoms with van der Waals surface area (Å²) in [6, 6.07) is 17.9. The molecular formula is C28H29N5O2S. The Balaban J connectivity index is 1.65. The first-order valence-corrected chi connectivity index (χ1v) is 12.2. The van der Waals surface area contributed by atoms with E-state index in [0.717, 1.165) is 23.7 Å². The molecule has 0 spiro atoms. The van der Waals surface area contributed by atoms with E-state index >= 15 is 0 Å². The standard InChI is InChI=1S/C28H29N5O2S/c1-18-15-22(19(2)32(18)17-20-10-13-29-14-11-20)27-26(23-7-5-6-12-30-23)31-28(36)33(27)24-9-8-21(34-3)16-25(24)35-4/h5-16,26-27H,17H2,1-4H3,(H,31,36)/t26-,27-/m0/s1. The Hall–Kier alpha value is -3.91. The summed E-state index contributed by atoms with van der Waals surface area (Å²) < 4.78 is 13.5. The molecule has 1 aliphatic heterocycles. The predicted octanol–water partition coefficient (Wildman–Crippen LogP) is 5.14. The maximum absolute atomic E-state index is 5.92. The van der Waals surface area contributed by atoms with Gasteiger partial charge in [-0.15, -0.1) is 0 Å². The van der Waals surface area contributed by atoms with Gasteiger partial charge in [-0.05, 0) is 79.7 Å². The molecule has 3 aromatic heterocycles. The first-order chi connectivity index (χ1) is 17.5. The maximum atomic E-state index is 5.92. The normalized spacial score (nSPS) is 17.2. The number of nitrogens with one attached hydrogen (secondary N) is 1. The average Bonchev–Trinajstić information content (AvgIpc) is 3.40. The lowest BCUT2D eigenvalue weighted by Crippen LogP contribution is -2.30. The number of hydrogen-bond acceptors (Lipinski definition) is 5. The zero-order chi connectivity index (χ0) is 25.2. The van der Waals surface area contributed by atoms with Gasteiger partial charge in [0.2, 0.25) is 0 Å². The Bertz CT molecular complexity index is 1370. The third-order valence-corrected chi connectivity index (χ3v) is 7.08. The number of nitrogens with zero attached hydrogens (tertiary/aromatic N) is 4. The third kappa shape index (κ3) is 4.28. The summed E-state index contributed by atoms with van der Waals surface area (Å²) in [4.78, 5) is 11.0. The van der Waals surface area contributed by atoms with Gasteiger partial charge in [0, 0.05) is 42.6 Å². The van der Waals surface area contributed by atoms with Crippen molar-refractivity contribution in [3.63, 3.8) is 0 Å². The van der Waals surface area contributed by atoms with E-state index in [2.05, 4.69) is 56.8 Å². The molecule has 1 saturated heterocycles. The predicted molar refractivity (Wildman–Crippen MR) is 145 cm³/mol. The van der Waals surface area contributed by atoms with Crippen molar-refractivity contribution in [1.82, 2.24) is 19.9 Å². The summed E-state index contributed by atoms with van der Waals surface area (Å²) in [5.74, 6) is 1.41. The van der Waals surface area contributed by atoms with E-state index in [-0.39, 0.29) is 12.1 Å². The molecule has 1 aliphatic rings. The van der Waals surface area contributed by atoms with Gasteiger partial charge in [-0.3, -0.25) is 9.97 Å². The van der Waals surface area contributed by atoms with Crippen LogP contribution in [0, 0.1) is 13.8 Å². The van der Waals surface area contributed by atoms with Gasteiger partial charge in [0.25, 0.3) is 0 Å². The molecule has 1 aromatic carbocycles. The summed E-state index contributed by atoms with van der Waals surface area (Å²) in [5.41, 5.74) is 6.55. The van der Waals surface area contributed by atoms with Crippen LogP contribution in [0.25, 0.3) is 0 Å². The molecule has 0 unspecified atom stereocenters. The molecule has 1 fully saturated rings. The zero-order valence-electron chi connectivity index (χ0n) is 20.8. The number of anilines is 1. The van der Waals surface area contributed by atoms with Crippen LogP contribution >= 0.6 is 12.2 Å². The molecule has 0 radical (unpaired) electrons. The van der Waals surface area contributed by atoms with Gasteiger partial charge < -0.3 is 24.3 Å². The summed E-state index contributed by atoms with van der Waals surface area (Å²) in [6.45, 7) is 5.08. The average molecular weight is 500 g/mol. The third-order valence-electron chi connectivity index (χ3n) is 6.77. The fourth-order valence-electron chi connectivity index (χ4n) is 4.96. The monoisotopic (exact) mass is 499 g/mol. The molecule has 0 amide bonds. The fraction of sp³-hybridized carbons (Fsp3) is 0.250. The number of rotatable bonds is 7. The minimum Gasteiger partial charge on any atom is -0.497 e. The molecule has 184 valence electrons. The Morgan fingerprint density at radius 1 is 0.972 bits per heavy atom. The minimum atomic E-state index is -0.139. The largest absolute Gasteiger partial charge is 0.497 e. The van der Waals surface area contributed by atoms with Crippen LogP contribution < -0.4 is 19.7 Å². The van der Waals surface area contributed by atoms with Crippen LogP contribution in [0.3, 0.4) is 0 Å². The molecule has 5 rings (SSSR count). The molecule has 0 bridgehead atoms. The molecule has 7 nitrogen and oxygen atoms in total. The first kappa shape index (κ1) is 23.8. The number of benzene rings is 1. The second-order valence-corrected chi connectivity index (χ2v) is 9.19. The Morgan fingerprint density at radius 2 is 1.78 bits per heavy atom. The van der Waals surface area contributed by atoms with Crippen LogP contribution in [0.2, 0.25) is 0 Å². The van der Waals surface area contributed by atoms with Gasteiger partial charge in [-0.1, -0.05) is 6.07 Å². The highest BCUT2D eigenvalue weighted by atomic mass is 32.1. The van der Waals surface area contributed by atoms with Crippen molar-refractivity contribution in [3.8, 4) is 11.5 Å². The maximum Gasteiger partial charge on any atom is 0.174 e. The highest BCUT2D eigenvalue weighted by Gasteiger charge is 2.43. The second kappa shape index (κ2) is 9.99. The molecule has 0 aliphatic carbocycles. The second-order valence-electron chi connectivity index (χ2n) is 8.80. The van der Waals surface area contributed by atoms with Crippen LogP contribution in [0.15, 0.2) is 73.2 Å². The SMILES string of the molecule is COc1ccc(N2C(=S)N[C@@H](c3ccccn3)[C@@H]2c2cc(C)n(Cc3ccncc3)c2C)c(OC)c1. The number of aryl methyl sites for hydroxylation is 1. The highest BCUT2D eigenvalue weighted by molar-refractivity contribution is 7.80. The lowest BCUT2D eigenvalue weighted by molar-refractivity contribution is 0.394. The van der Waals surface area contributed by atoms with Crippen LogP contribution in [0.1, 0.15) is 40.3 Å². The Morgan fingerprint density at radius 3 is 2.47 bits per heavy atom. The van der Waals surface area contributed by atoms with Crippen molar-refractivity contribution in [1.29, 1.82) is 0 Å². The smallest absolute Gasteiger partial charge is 0.174 e. The molecule has 2 atom stereocenters. The van der Waals surface area contributed by atoms with E-state index in [4.69, 9.17) is 21.7 Å². The number of ether oxygens (including phenoxy) is 2. The quantitative estimate of drug-likeness (QED) is 0.353. The minimum absolute atomic E-state index is 0.132. The lowest BCUT2D eigenvalue weighted by Gasteiger charge is -2.29. The van der Waals surface area contributed by atoms with E-state index in [1.165, 1.54) is 22.5 Å². The Kier molecular flexibility index (Phi) is 6.61. The van der Waals surface area contributed by atoms with Crippen LogP contribution in [0.4, 0.5) is 5.69 Å². The van der Waals surface area contributed by atoms with Gasteiger partial charge in [-0.2, -0.15) is 0 Å². The highest BCUT2D eigenvalue weighted by Crippen LogP contribution is 2.46. The number of aromatic nitrogens is 3. The summed E-state index contributed by atoms with van der Waals surface area (Å²) in [5, 5.41) is 4.17. The summed E-state index contributed by atoms with van der Waals surface area (Å²) >= 11 is 5.92. The van der Waals surface area contributed by atoms with Crippen LogP contribution in [0.5, 0.6) is 11.5 Å². The van der Waals surface area contributed by atoms with Crippen molar-refractivity contribution in [2.75, 3.05) is 19.1 Å². The topological polar surface area (TPSA) is 64.4 Å². The van der Waals surface area contributed by atoms with Gasteiger partial charge in [0.05, 0.1) is 37.7 Å². The lowest BCUT2D eigenvalue weighted by atomic mass is 9.96. The zero-order valence-corrected chi connectivity index (χ0v) is 21.6. The van der Waals surface area contributed by atoms with Crippen LogP contribution in [-0.2, 0) is 6.54 Å². The van der Waals surface area contributed by atoms with Gasteiger partial charge in [0.1, 0.15) is 11.5 Å². The van der Waals surface area contributed by atoms with Crippen molar-refractivity contribution < 1.29 is 9.47 Å². The van der Waals surface area contributed by atoms with Crippen LogP contribution in [-0.4, -0.2) is 33.9 Å². The Labute approximate surface area is 216 Å². The molecule has 36 heavy (non-hydrogen) atoms. The van der Waals surface area contributed by atoms with E-state index < -0.39 is 0 Å². The molecule has 0 saturated carbocycles. The fourth-order valence-corrected chi connectivity index (χ4v) is 5.29. The summed E-state index contributed by atoms with van der Waals surface area (Å²) in [6.07, 6.45) is 5.48. The molecular weight excluding hydrogens is 470 g/mol. The van der Waals surface area contributed by atoms with Crippen molar-refractivity contribution in [3.05, 3.63) is 101 Å². The van der Waals surface area contributed by atoms with E-state index in [1.807, 2.05) is 55.0 Å². The van der Waals surface area contributed by atoms with Crippen molar-refractivity contribution in [2.45, 2.75) is 32.5 Å². The number of methoxy groups -OCH3 is 2. The van der Waals surface area contributed by atoms with E-state index in [9.17, 15) is 0 Å². The first-order valence-electron chi connectivity index (χ1n) is 11.8. The molecule has 8 heteroatoms.